The summed E-state index contributed by atoms with van der Waals surface area (Å²) < 4.78 is 5.44. The van der Waals surface area contributed by atoms with Crippen molar-refractivity contribution in [3.8, 4) is 0 Å². The highest BCUT2D eigenvalue weighted by atomic mass is 16.6. The standard InChI is InChI=1S/C17H30N2O4/c1-16(2,3)23-15(22)19-12-17(8-4-5-9-17)13(19)14(21)18-10-6-7-11-20/h13,20H,4-12H2,1-3H3,(H,18,21). The molecule has 1 saturated carbocycles. The average Bonchev–Trinajstić information content (AvgIpc) is 2.90. The van der Waals surface area contributed by atoms with Crippen molar-refractivity contribution in [2.45, 2.75) is 70.9 Å². The summed E-state index contributed by atoms with van der Waals surface area (Å²) in [5.74, 6) is -0.0815. The van der Waals surface area contributed by atoms with Crippen molar-refractivity contribution in [1.29, 1.82) is 0 Å². The maximum Gasteiger partial charge on any atom is 0.411 e. The number of rotatable bonds is 5. The number of likely N-dealkylation sites (tertiary alicyclic amines) is 1. The zero-order chi connectivity index (χ0) is 17.1. The third-order valence-corrected chi connectivity index (χ3v) is 4.74. The molecule has 0 radical (unpaired) electrons. The smallest absolute Gasteiger partial charge is 0.411 e. The Morgan fingerprint density at radius 1 is 1.26 bits per heavy atom. The van der Waals surface area contributed by atoms with Crippen molar-refractivity contribution in [2.75, 3.05) is 19.7 Å². The number of aliphatic hydroxyl groups excluding tert-OH is 1. The molecular formula is C17H30N2O4. The largest absolute Gasteiger partial charge is 0.444 e. The molecule has 2 amide bonds. The second-order valence-electron chi connectivity index (χ2n) is 7.80. The lowest BCUT2D eigenvalue weighted by atomic mass is 9.70. The summed E-state index contributed by atoms with van der Waals surface area (Å²) in [6.45, 7) is 6.79. The van der Waals surface area contributed by atoms with E-state index in [0.717, 1.165) is 32.1 Å². The first kappa shape index (κ1) is 18.0. The highest BCUT2D eigenvalue weighted by molar-refractivity contribution is 5.88. The fraction of sp³-hybridized carbons (Fsp3) is 0.882. The van der Waals surface area contributed by atoms with Gasteiger partial charge in [-0.05, 0) is 46.5 Å². The Morgan fingerprint density at radius 3 is 2.48 bits per heavy atom. The molecule has 0 aromatic carbocycles. The summed E-state index contributed by atoms with van der Waals surface area (Å²) in [5, 5.41) is 11.7. The molecule has 1 atom stereocenters. The number of nitrogens with one attached hydrogen (secondary N) is 1. The van der Waals surface area contributed by atoms with Crippen LogP contribution in [0.4, 0.5) is 4.79 Å². The molecule has 6 nitrogen and oxygen atoms in total. The Balaban J connectivity index is 1.99. The van der Waals surface area contributed by atoms with Crippen molar-refractivity contribution >= 4 is 12.0 Å². The third-order valence-electron chi connectivity index (χ3n) is 4.74. The van der Waals surface area contributed by atoms with Crippen LogP contribution in [0.25, 0.3) is 0 Å². The molecule has 0 bridgehead atoms. The van der Waals surface area contributed by atoms with E-state index in [9.17, 15) is 9.59 Å². The fourth-order valence-electron chi connectivity index (χ4n) is 3.70. The van der Waals surface area contributed by atoms with E-state index in [1.807, 2.05) is 20.8 Å². The number of hydrogen-bond acceptors (Lipinski definition) is 4. The number of carbonyl (C=O) groups is 2. The van der Waals surface area contributed by atoms with Crippen LogP contribution >= 0.6 is 0 Å². The SMILES string of the molecule is CC(C)(C)OC(=O)N1CC2(CCCC2)C1C(=O)NCCCCO. The summed E-state index contributed by atoms with van der Waals surface area (Å²) in [5.41, 5.74) is -0.615. The highest BCUT2D eigenvalue weighted by Crippen LogP contribution is 2.50. The van der Waals surface area contributed by atoms with Crippen LogP contribution in [0.2, 0.25) is 0 Å². The lowest BCUT2D eigenvalue weighted by Gasteiger charge is -2.54. The van der Waals surface area contributed by atoms with E-state index in [1.165, 1.54) is 0 Å². The molecule has 0 aromatic heterocycles. The van der Waals surface area contributed by atoms with Crippen LogP contribution in [-0.4, -0.2) is 53.3 Å². The molecule has 1 spiro atoms. The zero-order valence-corrected chi connectivity index (χ0v) is 14.6. The van der Waals surface area contributed by atoms with Crippen LogP contribution in [-0.2, 0) is 9.53 Å². The lowest BCUT2D eigenvalue weighted by Crippen LogP contribution is -2.70. The van der Waals surface area contributed by atoms with Gasteiger partial charge in [0, 0.05) is 25.1 Å². The van der Waals surface area contributed by atoms with Crippen molar-refractivity contribution in [1.82, 2.24) is 10.2 Å². The second kappa shape index (κ2) is 7.07. The van der Waals surface area contributed by atoms with Gasteiger partial charge in [0.2, 0.25) is 5.91 Å². The van der Waals surface area contributed by atoms with Crippen LogP contribution < -0.4 is 5.32 Å². The molecule has 1 heterocycles. The summed E-state index contributed by atoms with van der Waals surface area (Å²) in [6, 6.07) is -0.408. The van der Waals surface area contributed by atoms with Crippen LogP contribution in [0.5, 0.6) is 0 Å². The maximum atomic E-state index is 12.6. The van der Waals surface area contributed by atoms with E-state index in [-0.39, 0.29) is 17.9 Å². The third kappa shape index (κ3) is 4.16. The molecule has 2 fully saturated rings. The number of unbranched alkanes of at least 4 members (excludes halogenated alkanes) is 1. The number of aliphatic hydroxyl groups is 1. The van der Waals surface area contributed by atoms with Gasteiger partial charge in [0.25, 0.3) is 0 Å². The first-order valence-electron chi connectivity index (χ1n) is 8.67. The molecule has 2 aliphatic rings. The summed E-state index contributed by atoms with van der Waals surface area (Å²) >= 11 is 0. The second-order valence-corrected chi connectivity index (χ2v) is 7.80. The number of hydrogen-bond donors (Lipinski definition) is 2. The molecule has 6 heteroatoms. The van der Waals surface area contributed by atoms with Gasteiger partial charge in [-0.1, -0.05) is 12.8 Å². The van der Waals surface area contributed by atoms with Gasteiger partial charge in [-0.15, -0.1) is 0 Å². The van der Waals surface area contributed by atoms with Crippen LogP contribution in [0.3, 0.4) is 0 Å². The summed E-state index contributed by atoms with van der Waals surface area (Å²) in [4.78, 5) is 26.6. The highest BCUT2D eigenvalue weighted by Gasteiger charge is 2.59. The van der Waals surface area contributed by atoms with Gasteiger partial charge in [-0.3, -0.25) is 9.69 Å². The van der Waals surface area contributed by atoms with E-state index in [0.29, 0.717) is 19.5 Å². The van der Waals surface area contributed by atoms with Gasteiger partial charge in [-0.25, -0.2) is 4.79 Å². The Hall–Kier alpha value is -1.30. The monoisotopic (exact) mass is 326 g/mol. The van der Waals surface area contributed by atoms with Gasteiger partial charge in [0.1, 0.15) is 11.6 Å². The molecule has 2 rings (SSSR count). The molecule has 1 aliphatic heterocycles. The normalized spacial score (nSPS) is 22.8. The van der Waals surface area contributed by atoms with Gasteiger partial charge in [-0.2, -0.15) is 0 Å². The minimum absolute atomic E-state index is 0.0576. The maximum absolute atomic E-state index is 12.6. The van der Waals surface area contributed by atoms with Crippen molar-refractivity contribution in [2.24, 2.45) is 5.41 Å². The van der Waals surface area contributed by atoms with Gasteiger partial charge >= 0.3 is 6.09 Å². The van der Waals surface area contributed by atoms with E-state index in [1.54, 1.807) is 4.90 Å². The topological polar surface area (TPSA) is 78.9 Å². The van der Waals surface area contributed by atoms with E-state index < -0.39 is 17.7 Å². The molecular weight excluding hydrogens is 296 g/mol. The van der Waals surface area contributed by atoms with E-state index in [4.69, 9.17) is 9.84 Å². The minimum atomic E-state index is -0.558. The Bertz CT molecular complexity index is 438. The predicted molar refractivity (Wildman–Crippen MR) is 87.0 cm³/mol. The lowest BCUT2D eigenvalue weighted by molar-refractivity contribution is -0.145. The summed E-state index contributed by atoms with van der Waals surface area (Å²) in [7, 11) is 0. The average molecular weight is 326 g/mol. The molecule has 1 unspecified atom stereocenters. The molecule has 1 aliphatic carbocycles. The Morgan fingerprint density at radius 2 is 1.91 bits per heavy atom. The molecule has 2 N–H and O–H groups in total. The molecule has 0 aromatic rings. The van der Waals surface area contributed by atoms with Gasteiger partial charge in [0.15, 0.2) is 0 Å². The van der Waals surface area contributed by atoms with E-state index in [2.05, 4.69) is 5.32 Å². The Labute approximate surface area is 138 Å². The number of amides is 2. The first-order chi connectivity index (χ1) is 10.8. The van der Waals surface area contributed by atoms with Gasteiger partial charge in [0.05, 0.1) is 0 Å². The van der Waals surface area contributed by atoms with Crippen molar-refractivity contribution in [3.05, 3.63) is 0 Å². The van der Waals surface area contributed by atoms with Crippen LogP contribution in [0.15, 0.2) is 0 Å². The quantitative estimate of drug-likeness (QED) is 0.758. The predicted octanol–water partition coefficient (Wildman–Crippen LogP) is 2.05. The number of nitrogens with zero attached hydrogens (tertiary/aromatic N) is 1. The number of ether oxygens (including phenoxy) is 1. The number of carbonyl (C=O) groups excluding carboxylic acids is 2. The molecule has 1 saturated heterocycles. The molecule has 132 valence electrons. The van der Waals surface area contributed by atoms with Crippen molar-refractivity contribution < 1.29 is 19.4 Å². The van der Waals surface area contributed by atoms with Crippen LogP contribution in [0, 0.1) is 5.41 Å². The van der Waals surface area contributed by atoms with E-state index >= 15 is 0 Å². The Kier molecular flexibility index (Phi) is 5.55. The minimum Gasteiger partial charge on any atom is -0.444 e. The fourth-order valence-corrected chi connectivity index (χ4v) is 3.70. The first-order valence-corrected chi connectivity index (χ1v) is 8.67. The molecule has 23 heavy (non-hydrogen) atoms. The summed E-state index contributed by atoms with van der Waals surface area (Å²) in [6.07, 6.45) is 5.26. The van der Waals surface area contributed by atoms with Gasteiger partial charge < -0.3 is 15.2 Å². The van der Waals surface area contributed by atoms with Crippen LogP contribution in [0.1, 0.15) is 59.3 Å². The zero-order valence-electron chi connectivity index (χ0n) is 14.6. The van der Waals surface area contributed by atoms with Crippen molar-refractivity contribution in [3.63, 3.8) is 0 Å².